The van der Waals surface area contributed by atoms with Gasteiger partial charge in [0.15, 0.2) is 0 Å². The number of hydrogen-bond acceptors (Lipinski definition) is 3. The number of carbonyl (C=O) groups excluding carboxylic acids is 2. The first-order valence-electron chi connectivity index (χ1n) is 6.09. The van der Waals surface area contributed by atoms with Gasteiger partial charge in [-0.3, -0.25) is 4.79 Å². The molecule has 0 aromatic heterocycles. The number of hydrogen-bond donors (Lipinski definition) is 1. The van der Waals surface area contributed by atoms with Gasteiger partial charge in [0.1, 0.15) is 11.6 Å². The topological polar surface area (TPSA) is 55.4 Å². The van der Waals surface area contributed by atoms with Crippen molar-refractivity contribution in [2.75, 3.05) is 0 Å². The van der Waals surface area contributed by atoms with Gasteiger partial charge in [0, 0.05) is 4.47 Å². The van der Waals surface area contributed by atoms with Crippen molar-refractivity contribution in [1.82, 2.24) is 5.32 Å². The molecule has 20 heavy (non-hydrogen) atoms. The summed E-state index contributed by atoms with van der Waals surface area (Å²) < 4.78 is 5.93. The molecular weight excluding hydrogens is 346 g/mol. The van der Waals surface area contributed by atoms with E-state index in [0.717, 1.165) is 4.47 Å². The Balaban J connectivity index is 2.75. The SMILES string of the molecule is C[C@@H](NC(=O)c1cc(Br)ccc1Cl)C(=O)OC(C)(C)C. The molecule has 0 saturated heterocycles. The summed E-state index contributed by atoms with van der Waals surface area (Å²) in [6.45, 7) is 6.87. The van der Waals surface area contributed by atoms with E-state index in [2.05, 4.69) is 21.2 Å². The molecule has 4 nitrogen and oxygen atoms in total. The summed E-state index contributed by atoms with van der Waals surface area (Å²) >= 11 is 9.23. The highest BCUT2D eigenvalue weighted by atomic mass is 79.9. The van der Waals surface area contributed by atoms with E-state index in [0.29, 0.717) is 10.6 Å². The van der Waals surface area contributed by atoms with Crippen molar-refractivity contribution < 1.29 is 14.3 Å². The molecule has 1 rings (SSSR count). The molecule has 0 fully saturated rings. The summed E-state index contributed by atoms with van der Waals surface area (Å²) in [6, 6.07) is 4.19. The number of esters is 1. The number of amides is 1. The van der Waals surface area contributed by atoms with Gasteiger partial charge in [-0.15, -0.1) is 0 Å². The van der Waals surface area contributed by atoms with Crippen LogP contribution in [0.15, 0.2) is 22.7 Å². The van der Waals surface area contributed by atoms with Gasteiger partial charge in [-0.05, 0) is 45.9 Å². The zero-order chi connectivity index (χ0) is 15.5. The number of carbonyl (C=O) groups is 2. The first kappa shape index (κ1) is 17.0. The van der Waals surface area contributed by atoms with Gasteiger partial charge in [-0.25, -0.2) is 4.79 Å². The zero-order valence-corrected chi connectivity index (χ0v) is 14.1. The fraction of sp³-hybridized carbons (Fsp3) is 0.429. The van der Waals surface area contributed by atoms with Gasteiger partial charge in [0.05, 0.1) is 10.6 Å². The van der Waals surface area contributed by atoms with Gasteiger partial charge in [-0.1, -0.05) is 27.5 Å². The molecule has 0 aliphatic heterocycles. The van der Waals surface area contributed by atoms with Crippen molar-refractivity contribution >= 4 is 39.4 Å². The van der Waals surface area contributed by atoms with Crippen LogP contribution >= 0.6 is 27.5 Å². The molecule has 1 aromatic carbocycles. The van der Waals surface area contributed by atoms with Crippen LogP contribution < -0.4 is 5.32 Å². The Labute approximate surface area is 132 Å². The summed E-state index contributed by atoms with van der Waals surface area (Å²) in [5, 5.41) is 2.89. The van der Waals surface area contributed by atoms with Crippen LogP contribution in [0.5, 0.6) is 0 Å². The molecule has 0 bridgehead atoms. The molecule has 0 heterocycles. The van der Waals surface area contributed by atoms with E-state index in [4.69, 9.17) is 16.3 Å². The molecule has 0 aliphatic rings. The Morgan fingerprint density at radius 3 is 2.50 bits per heavy atom. The largest absolute Gasteiger partial charge is 0.458 e. The molecule has 0 radical (unpaired) electrons. The van der Waals surface area contributed by atoms with E-state index in [-0.39, 0.29) is 0 Å². The lowest BCUT2D eigenvalue weighted by molar-refractivity contribution is -0.156. The summed E-state index contributed by atoms with van der Waals surface area (Å²) in [6.07, 6.45) is 0. The predicted molar refractivity (Wildman–Crippen MR) is 81.9 cm³/mol. The Bertz CT molecular complexity index is 526. The third-order valence-electron chi connectivity index (χ3n) is 2.28. The predicted octanol–water partition coefficient (Wildman–Crippen LogP) is 3.56. The van der Waals surface area contributed by atoms with E-state index < -0.39 is 23.5 Å². The van der Waals surface area contributed by atoms with Crippen molar-refractivity contribution in [2.45, 2.75) is 39.3 Å². The van der Waals surface area contributed by atoms with Crippen LogP contribution in [0.1, 0.15) is 38.1 Å². The lowest BCUT2D eigenvalue weighted by Crippen LogP contribution is -2.42. The maximum absolute atomic E-state index is 12.1. The minimum Gasteiger partial charge on any atom is -0.458 e. The molecular formula is C14H17BrClNO3. The molecule has 1 amide bonds. The second kappa shape index (κ2) is 6.59. The monoisotopic (exact) mass is 361 g/mol. The van der Waals surface area contributed by atoms with E-state index in [1.807, 2.05) is 0 Å². The van der Waals surface area contributed by atoms with Crippen LogP contribution in [0.3, 0.4) is 0 Å². The minimum atomic E-state index is -0.753. The van der Waals surface area contributed by atoms with Crippen LogP contribution in [0, 0.1) is 0 Å². The van der Waals surface area contributed by atoms with Gasteiger partial charge >= 0.3 is 5.97 Å². The summed E-state index contributed by atoms with van der Waals surface area (Å²) in [5.74, 6) is -0.911. The average molecular weight is 363 g/mol. The normalized spacial score (nSPS) is 12.7. The van der Waals surface area contributed by atoms with Crippen LogP contribution in [-0.2, 0) is 9.53 Å². The third-order valence-corrected chi connectivity index (χ3v) is 3.10. The number of benzene rings is 1. The van der Waals surface area contributed by atoms with Crippen LogP contribution in [0.4, 0.5) is 0 Å². The van der Waals surface area contributed by atoms with Crippen LogP contribution in [0.2, 0.25) is 5.02 Å². The number of nitrogens with one attached hydrogen (secondary N) is 1. The number of halogens is 2. The third kappa shape index (κ3) is 5.13. The summed E-state index contributed by atoms with van der Waals surface area (Å²) in [4.78, 5) is 23.9. The lowest BCUT2D eigenvalue weighted by Gasteiger charge is -2.22. The highest BCUT2D eigenvalue weighted by Crippen LogP contribution is 2.21. The zero-order valence-electron chi connectivity index (χ0n) is 11.8. The van der Waals surface area contributed by atoms with Gasteiger partial charge in [0.25, 0.3) is 5.91 Å². The summed E-state index contributed by atoms with van der Waals surface area (Å²) in [7, 11) is 0. The Morgan fingerprint density at radius 1 is 1.35 bits per heavy atom. The van der Waals surface area contributed by atoms with Crippen molar-refractivity contribution in [3.05, 3.63) is 33.3 Å². The van der Waals surface area contributed by atoms with E-state index in [1.165, 1.54) is 0 Å². The molecule has 1 atom stereocenters. The minimum absolute atomic E-state index is 0.302. The fourth-order valence-corrected chi connectivity index (χ4v) is 1.96. The van der Waals surface area contributed by atoms with E-state index in [1.54, 1.807) is 45.9 Å². The van der Waals surface area contributed by atoms with Crippen molar-refractivity contribution in [3.8, 4) is 0 Å². The second-order valence-electron chi connectivity index (χ2n) is 5.35. The standard InChI is InChI=1S/C14H17BrClNO3/c1-8(13(19)20-14(2,3)4)17-12(18)10-7-9(15)5-6-11(10)16/h5-8H,1-4H3,(H,17,18)/t8-/m1/s1. The van der Waals surface area contributed by atoms with Gasteiger partial charge < -0.3 is 10.1 Å². The molecule has 0 unspecified atom stereocenters. The lowest BCUT2D eigenvalue weighted by atomic mass is 10.2. The number of ether oxygens (including phenoxy) is 1. The molecule has 0 aliphatic carbocycles. The van der Waals surface area contributed by atoms with Crippen molar-refractivity contribution in [3.63, 3.8) is 0 Å². The highest BCUT2D eigenvalue weighted by Gasteiger charge is 2.24. The van der Waals surface area contributed by atoms with Crippen LogP contribution in [-0.4, -0.2) is 23.5 Å². The van der Waals surface area contributed by atoms with Crippen molar-refractivity contribution in [1.29, 1.82) is 0 Å². The van der Waals surface area contributed by atoms with Gasteiger partial charge in [0.2, 0.25) is 0 Å². The maximum Gasteiger partial charge on any atom is 0.328 e. The molecule has 0 spiro atoms. The second-order valence-corrected chi connectivity index (χ2v) is 6.68. The Morgan fingerprint density at radius 2 is 1.95 bits per heavy atom. The van der Waals surface area contributed by atoms with E-state index >= 15 is 0 Å². The molecule has 0 saturated carbocycles. The first-order valence-corrected chi connectivity index (χ1v) is 7.26. The molecule has 1 aromatic rings. The van der Waals surface area contributed by atoms with Gasteiger partial charge in [-0.2, -0.15) is 0 Å². The Hall–Kier alpha value is -1.07. The smallest absolute Gasteiger partial charge is 0.328 e. The average Bonchev–Trinajstić information content (AvgIpc) is 2.29. The molecule has 110 valence electrons. The molecule has 6 heteroatoms. The van der Waals surface area contributed by atoms with Crippen LogP contribution in [0.25, 0.3) is 0 Å². The first-order chi connectivity index (χ1) is 9.10. The number of rotatable bonds is 3. The maximum atomic E-state index is 12.1. The quantitative estimate of drug-likeness (QED) is 0.836. The van der Waals surface area contributed by atoms with E-state index in [9.17, 15) is 9.59 Å². The fourth-order valence-electron chi connectivity index (χ4n) is 1.39. The van der Waals surface area contributed by atoms with Crippen molar-refractivity contribution in [2.24, 2.45) is 0 Å². The highest BCUT2D eigenvalue weighted by molar-refractivity contribution is 9.10. The molecule has 1 N–H and O–H groups in total. The summed E-state index contributed by atoms with van der Waals surface area (Å²) in [5.41, 5.74) is -0.291. The Kier molecular flexibility index (Phi) is 5.59.